The summed E-state index contributed by atoms with van der Waals surface area (Å²) >= 11 is 3.31. The number of sulfonamides is 1. The fraction of sp³-hybridized carbons (Fsp3) is 0.538. The maximum absolute atomic E-state index is 12.2. The molecule has 0 spiro atoms. The van der Waals surface area contributed by atoms with Crippen molar-refractivity contribution in [2.24, 2.45) is 5.92 Å². The molecule has 19 heavy (non-hydrogen) atoms. The molecule has 0 bridgehead atoms. The zero-order valence-corrected chi connectivity index (χ0v) is 13.4. The topological polar surface area (TPSA) is 58.2 Å². The van der Waals surface area contributed by atoms with Gasteiger partial charge in [-0.3, -0.25) is 0 Å². The first kappa shape index (κ1) is 15.0. The number of rotatable bonds is 5. The van der Waals surface area contributed by atoms with E-state index in [9.17, 15) is 8.42 Å². The van der Waals surface area contributed by atoms with Crippen LogP contribution in [0.1, 0.15) is 18.4 Å². The summed E-state index contributed by atoms with van der Waals surface area (Å²) in [6.07, 6.45) is 2.02. The molecule has 2 rings (SSSR count). The molecular formula is C13H19BrN2O2S. The quantitative estimate of drug-likeness (QED) is 0.857. The van der Waals surface area contributed by atoms with Gasteiger partial charge in [0.2, 0.25) is 10.0 Å². The van der Waals surface area contributed by atoms with Gasteiger partial charge in [0.05, 0.1) is 4.90 Å². The highest BCUT2D eigenvalue weighted by Gasteiger charge is 2.19. The van der Waals surface area contributed by atoms with Gasteiger partial charge in [-0.15, -0.1) is 0 Å². The largest absolute Gasteiger partial charge is 0.316 e. The molecule has 1 fully saturated rings. The lowest BCUT2D eigenvalue weighted by Crippen LogP contribution is -2.27. The van der Waals surface area contributed by atoms with Gasteiger partial charge in [0.1, 0.15) is 0 Å². The van der Waals surface area contributed by atoms with E-state index in [0.29, 0.717) is 17.4 Å². The second kappa shape index (κ2) is 6.35. The number of aryl methyl sites for hydroxylation is 1. The van der Waals surface area contributed by atoms with Crippen molar-refractivity contribution >= 4 is 26.0 Å². The summed E-state index contributed by atoms with van der Waals surface area (Å²) in [6.45, 7) is 4.35. The van der Waals surface area contributed by atoms with Crippen LogP contribution in [0.5, 0.6) is 0 Å². The molecule has 1 atom stereocenters. The van der Waals surface area contributed by atoms with Gasteiger partial charge in [0.25, 0.3) is 0 Å². The minimum Gasteiger partial charge on any atom is -0.316 e. The van der Waals surface area contributed by atoms with Crippen molar-refractivity contribution in [3.63, 3.8) is 0 Å². The third-order valence-corrected chi connectivity index (χ3v) is 5.54. The molecule has 1 aliphatic heterocycles. The van der Waals surface area contributed by atoms with Gasteiger partial charge in [-0.1, -0.05) is 22.0 Å². The number of nitrogens with one attached hydrogen (secondary N) is 2. The smallest absolute Gasteiger partial charge is 0.240 e. The zero-order valence-electron chi connectivity index (χ0n) is 10.9. The summed E-state index contributed by atoms with van der Waals surface area (Å²) in [7, 11) is -3.41. The van der Waals surface area contributed by atoms with Crippen LogP contribution in [0, 0.1) is 12.8 Å². The van der Waals surface area contributed by atoms with Crippen molar-refractivity contribution in [1.82, 2.24) is 10.0 Å². The van der Waals surface area contributed by atoms with Crippen LogP contribution < -0.4 is 10.0 Å². The highest BCUT2D eigenvalue weighted by molar-refractivity contribution is 9.10. The molecule has 106 valence electrons. The fourth-order valence-corrected chi connectivity index (χ4v) is 4.13. The van der Waals surface area contributed by atoms with Gasteiger partial charge in [-0.2, -0.15) is 0 Å². The Hall–Kier alpha value is -0.430. The van der Waals surface area contributed by atoms with Crippen molar-refractivity contribution in [1.29, 1.82) is 0 Å². The minimum atomic E-state index is -3.41. The molecule has 0 aromatic heterocycles. The SMILES string of the molecule is Cc1ccc(Br)cc1S(=O)(=O)NCCC1CCNC1. The molecule has 2 N–H and O–H groups in total. The zero-order chi connectivity index (χ0) is 13.9. The summed E-state index contributed by atoms with van der Waals surface area (Å²) in [5, 5.41) is 3.28. The molecule has 1 aromatic carbocycles. The lowest BCUT2D eigenvalue weighted by Gasteiger charge is -2.12. The minimum absolute atomic E-state index is 0.353. The van der Waals surface area contributed by atoms with Gasteiger partial charge in [-0.25, -0.2) is 13.1 Å². The molecule has 1 saturated heterocycles. The first-order valence-corrected chi connectivity index (χ1v) is 8.73. The third kappa shape index (κ3) is 4.02. The Morgan fingerprint density at radius 3 is 2.95 bits per heavy atom. The van der Waals surface area contributed by atoms with Gasteiger partial charge in [-0.05, 0) is 56.5 Å². The summed E-state index contributed by atoms with van der Waals surface area (Å²) < 4.78 is 27.9. The highest BCUT2D eigenvalue weighted by atomic mass is 79.9. The Bertz CT molecular complexity index is 540. The molecule has 1 aromatic rings. The molecule has 4 nitrogen and oxygen atoms in total. The summed E-state index contributed by atoms with van der Waals surface area (Å²) in [4.78, 5) is 0.353. The van der Waals surface area contributed by atoms with E-state index in [0.717, 1.165) is 36.0 Å². The van der Waals surface area contributed by atoms with E-state index >= 15 is 0 Å². The summed E-state index contributed by atoms with van der Waals surface area (Å²) in [6, 6.07) is 5.30. The van der Waals surface area contributed by atoms with Crippen molar-refractivity contribution in [2.45, 2.75) is 24.7 Å². The summed E-state index contributed by atoms with van der Waals surface area (Å²) in [5.41, 5.74) is 0.762. The van der Waals surface area contributed by atoms with E-state index in [2.05, 4.69) is 26.0 Å². The van der Waals surface area contributed by atoms with Crippen LogP contribution in [0.15, 0.2) is 27.6 Å². The Labute approximate surface area is 123 Å². The lowest BCUT2D eigenvalue weighted by molar-refractivity contribution is 0.519. The molecular weight excluding hydrogens is 328 g/mol. The first-order valence-electron chi connectivity index (χ1n) is 6.45. The second-order valence-corrected chi connectivity index (χ2v) is 7.61. The molecule has 0 saturated carbocycles. The molecule has 1 heterocycles. The number of benzene rings is 1. The Morgan fingerprint density at radius 1 is 1.47 bits per heavy atom. The molecule has 1 unspecified atom stereocenters. The molecule has 0 radical (unpaired) electrons. The predicted octanol–water partition coefficient (Wildman–Crippen LogP) is 2.04. The van der Waals surface area contributed by atoms with Crippen molar-refractivity contribution in [3.05, 3.63) is 28.2 Å². The van der Waals surface area contributed by atoms with Gasteiger partial charge in [0, 0.05) is 11.0 Å². The average Bonchev–Trinajstić information content (AvgIpc) is 2.85. The van der Waals surface area contributed by atoms with Crippen molar-refractivity contribution < 1.29 is 8.42 Å². The number of hydrogen-bond donors (Lipinski definition) is 2. The molecule has 0 amide bonds. The predicted molar refractivity (Wildman–Crippen MR) is 79.7 cm³/mol. The standard InChI is InChI=1S/C13H19BrN2O2S/c1-10-2-3-12(14)8-13(10)19(17,18)16-7-5-11-4-6-15-9-11/h2-3,8,11,15-16H,4-7,9H2,1H3. The van der Waals surface area contributed by atoms with Crippen LogP contribution in [0.25, 0.3) is 0 Å². The Kier molecular flexibility index (Phi) is 5.00. The van der Waals surface area contributed by atoms with Crippen molar-refractivity contribution in [3.8, 4) is 0 Å². The van der Waals surface area contributed by atoms with Gasteiger partial charge < -0.3 is 5.32 Å². The fourth-order valence-electron chi connectivity index (χ4n) is 2.30. The van der Waals surface area contributed by atoms with E-state index in [1.165, 1.54) is 0 Å². The highest BCUT2D eigenvalue weighted by Crippen LogP contribution is 2.20. The van der Waals surface area contributed by atoms with Crippen LogP contribution >= 0.6 is 15.9 Å². The second-order valence-electron chi connectivity index (χ2n) is 4.96. The van der Waals surface area contributed by atoms with Gasteiger partial charge in [0.15, 0.2) is 0 Å². The summed E-state index contributed by atoms with van der Waals surface area (Å²) in [5.74, 6) is 0.589. The van der Waals surface area contributed by atoms with Crippen LogP contribution in [-0.4, -0.2) is 28.1 Å². The average molecular weight is 347 g/mol. The van der Waals surface area contributed by atoms with E-state index in [1.807, 2.05) is 13.0 Å². The maximum atomic E-state index is 12.2. The normalized spacial score (nSPS) is 19.8. The maximum Gasteiger partial charge on any atom is 0.240 e. The van der Waals surface area contributed by atoms with E-state index in [1.54, 1.807) is 12.1 Å². The van der Waals surface area contributed by atoms with Crippen LogP contribution in [0.2, 0.25) is 0 Å². The molecule has 6 heteroatoms. The third-order valence-electron chi connectivity index (χ3n) is 3.45. The number of halogens is 1. The first-order chi connectivity index (χ1) is 8.99. The van der Waals surface area contributed by atoms with Crippen LogP contribution in [0.3, 0.4) is 0 Å². The van der Waals surface area contributed by atoms with Crippen LogP contribution in [-0.2, 0) is 10.0 Å². The van der Waals surface area contributed by atoms with E-state index in [-0.39, 0.29) is 0 Å². The van der Waals surface area contributed by atoms with E-state index in [4.69, 9.17) is 0 Å². The Balaban J connectivity index is 1.99. The Morgan fingerprint density at radius 2 is 2.26 bits per heavy atom. The van der Waals surface area contributed by atoms with E-state index < -0.39 is 10.0 Å². The monoisotopic (exact) mass is 346 g/mol. The lowest BCUT2D eigenvalue weighted by atomic mass is 10.1. The number of hydrogen-bond acceptors (Lipinski definition) is 3. The van der Waals surface area contributed by atoms with Crippen LogP contribution in [0.4, 0.5) is 0 Å². The molecule has 0 aliphatic carbocycles. The van der Waals surface area contributed by atoms with Crippen molar-refractivity contribution in [2.75, 3.05) is 19.6 Å². The molecule has 1 aliphatic rings. The van der Waals surface area contributed by atoms with Gasteiger partial charge >= 0.3 is 0 Å².